The van der Waals surface area contributed by atoms with Gasteiger partial charge in [-0.25, -0.2) is 0 Å². The van der Waals surface area contributed by atoms with Gasteiger partial charge in [0.15, 0.2) is 0 Å². The molecule has 0 saturated heterocycles. The third-order valence-corrected chi connectivity index (χ3v) is 5.05. The monoisotopic (exact) mass is 267 g/mol. The number of unbranched alkanes of at least 4 members (excludes halogenated alkanes) is 6. The van der Waals surface area contributed by atoms with Crippen LogP contribution in [0.2, 0.25) is 0 Å². The average Bonchev–Trinajstić information content (AvgIpc) is 2.41. The lowest BCUT2D eigenvalue weighted by atomic mass is 9.72. The molecule has 0 aromatic heterocycles. The minimum atomic E-state index is 0.960. The summed E-state index contributed by atoms with van der Waals surface area (Å²) in [5.41, 5.74) is 0. The Morgan fingerprint density at radius 1 is 0.895 bits per heavy atom. The smallest absolute Gasteiger partial charge is 0.00209 e. The van der Waals surface area contributed by atoms with E-state index >= 15 is 0 Å². The molecule has 0 spiro atoms. The summed E-state index contributed by atoms with van der Waals surface area (Å²) in [5.74, 6) is 2.94. The molecule has 1 aliphatic carbocycles. The van der Waals surface area contributed by atoms with Crippen LogP contribution in [0.1, 0.15) is 84.5 Å². The fourth-order valence-corrected chi connectivity index (χ4v) is 3.81. The quantitative estimate of drug-likeness (QED) is 0.523. The molecule has 114 valence electrons. The molecule has 1 rings (SSSR count). The molecule has 0 aromatic rings. The Balaban J connectivity index is 2.10. The second kappa shape index (κ2) is 10.7. The Labute approximate surface area is 121 Å². The zero-order valence-corrected chi connectivity index (χ0v) is 13.7. The van der Waals surface area contributed by atoms with Gasteiger partial charge < -0.3 is 5.32 Å². The third kappa shape index (κ3) is 7.34. The lowest BCUT2D eigenvalue weighted by Gasteiger charge is -2.35. The largest absolute Gasteiger partial charge is 0.319 e. The van der Waals surface area contributed by atoms with Crippen LogP contribution in [-0.2, 0) is 0 Å². The van der Waals surface area contributed by atoms with Crippen molar-refractivity contribution in [1.29, 1.82) is 0 Å². The molecule has 1 heteroatoms. The lowest BCUT2D eigenvalue weighted by molar-refractivity contribution is 0.173. The number of nitrogens with one attached hydrogen (secondary N) is 1. The number of hydrogen-bond acceptors (Lipinski definition) is 1. The standard InChI is InChI=1S/C18H37N/c1-4-5-6-7-8-9-10-11-17-14-16(2)12-13-18(17)15-19-3/h16-19H,4-15H2,1-3H3. The molecule has 1 N–H and O–H groups in total. The van der Waals surface area contributed by atoms with Crippen molar-refractivity contribution in [3.63, 3.8) is 0 Å². The third-order valence-electron chi connectivity index (χ3n) is 5.05. The number of hydrogen-bond donors (Lipinski definition) is 1. The van der Waals surface area contributed by atoms with Gasteiger partial charge in [0, 0.05) is 0 Å². The molecule has 1 aliphatic rings. The Morgan fingerprint density at radius 2 is 1.58 bits per heavy atom. The minimum Gasteiger partial charge on any atom is -0.319 e. The summed E-state index contributed by atoms with van der Waals surface area (Å²) < 4.78 is 0. The average molecular weight is 268 g/mol. The first-order valence-corrected chi connectivity index (χ1v) is 8.92. The summed E-state index contributed by atoms with van der Waals surface area (Å²) >= 11 is 0. The van der Waals surface area contributed by atoms with E-state index in [2.05, 4.69) is 26.2 Å². The van der Waals surface area contributed by atoms with Gasteiger partial charge in [-0.05, 0) is 44.2 Å². The summed E-state index contributed by atoms with van der Waals surface area (Å²) in [5, 5.41) is 3.41. The molecule has 3 unspecified atom stereocenters. The molecule has 1 saturated carbocycles. The van der Waals surface area contributed by atoms with Gasteiger partial charge in [0.05, 0.1) is 0 Å². The Morgan fingerprint density at radius 3 is 2.26 bits per heavy atom. The molecule has 3 atom stereocenters. The van der Waals surface area contributed by atoms with Crippen molar-refractivity contribution in [2.45, 2.75) is 84.5 Å². The van der Waals surface area contributed by atoms with Crippen LogP contribution in [0.15, 0.2) is 0 Å². The first-order chi connectivity index (χ1) is 9.27. The topological polar surface area (TPSA) is 12.0 Å². The first-order valence-electron chi connectivity index (χ1n) is 8.92. The molecule has 1 nitrogen and oxygen atoms in total. The highest BCUT2D eigenvalue weighted by Crippen LogP contribution is 2.36. The molecule has 0 aliphatic heterocycles. The zero-order valence-electron chi connectivity index (χ0n) is 13.7. The van der Waals surface area contributed by atoms with Gasteiger partial charge in [-0.2, -0.15) is 0 Å². The van der Waals surface area contributed by atoms with Crippen molar-refractivity contribution in [2.24, 2.45) is 17.8 Å². The van der Waals surface area contributed by atoms with Crippen LogP contribution in [0, 0.1) is 17.8 Å². The predicted molar refractivity (Wildman–Crippen MR) is 86.5 cm³/mol. The summed E-state index contributed by atoms with van der Waals surface area (Å²) in [6, 6.07) is 0. The van der Waals surface area contributed by atoms with Crippen LogP contribution in [0.25, 0.3) is 0 Å². The van der Waals surface area contributed by atoms with Crippen LogP contribution >= 0.6 is 0 Å². The highest BCUT2D eigenvalue weighted by atomic mass is 14.8. The predicted octanol–water partition coefficient (Wildman–Crippen LogP) is 5.40. The van der Waals surface area contributed by atoms with E-state index in [9.17, 15) is 0 Å². The summed E-state index contributed by atoms with van der Waals surface area (Å²) in [6.07, 6.45) is 16.0. The van der Waals surface area contributed by atoms with Gasteiger partial charge in [-0.3, -0.25) is 0 Å². The van der Waals surface area contributed by atoms with E-state index in [1.165, 1.54) is 77.2 Å². The van der Waals surface area contributed by atoms with E-state index in [4.69, 9.17) is 0 Å². The molecular weight excluding hydrogens is 230 g/mol. The molecule has 0 amide bonds. The van der Waals surface area contributed by atoms with E-state index in [0.29, 0.717) is 0 Å². The van der Waals surface area contributed by atoms with Crippen LogP contribution in [-0.4, -0.2) is 13.6 Å². The Bertz CT molecular complexity index is 202. The minimum absolute atomic E-state index is 0.960. The molecule has 0 radical (unpaired) electrons. The summed E-state index contributed by atoms with van der Waals surface area (Å²) in [4.78, 5) is 0. The fraction of sp³-hybridized carbons (Fsp3) is 1.00. The van der Waals surface area contributed by atoms with Gasteiger partial charge in [0.25, 0.3) is 0 Å². The van der Waals surface area contributed by atoms with Crippen LogP contribution in [0.3, 0.4) is 0 Å². The van der Waals surface area contributed by atoms with E-state index in [-0.39, 0.29) is 0 Å². The molecular formula is C18H37N. The normalized spacial score (nSPS) is 27.6. The van der Waals surface area contributed by atoms with Gasteiger partial charge >= 0.3 is 0 Å². The fourth-order valence-electron chi connectivity index (χ4n) is 3.81. The molecule has 19 heavy (non-hydrogen) atoms. The molecule has 0 aromatic carbocycles. The van der Waals surface area contributed by atoms with Crippen molar-refractivity contribution in [1.82, 2.24) is 5.32 Å². The van der Waals surface area contributed by atoms with Crippen molar-refractivity contribution in [2.75, 3.05) is 13.6 Å². The van der Waals surface area contributed by atoms with Crippen molar-refractivity contribution < 1.29 is 0 Å². The van der Waals surface area contributed by atoms with E-state index in [0.717, 1.165) is 17.8 Å². The van der Waals surface area contributed by atoms with Gasteiger partial charge in [-0.15, -0.1) is 0 Å². The zero-order chi connectivity index (χ0) is 13.9. The SMILES string of the molecule is CCCCCCCCCC1CC(C)CCC1CNC. The van der Waals surface area contributed by atoms with Gasteiger partial charge in [-0.1, -0.05) is 71.6 Å². The second-order valence-electron chi connectivity index (χ2n) is 6.91. The highest BCUT2D eigenvalue weighted by Gasteiger charge is 2.27. The van der Waals surface area contributed by atoms with E-state index in [1.807, 2.05) is 0 Å². The highest BCUT2D eigenvalue weighted by molar-refractivity contribution is 4.79. The van der Waals surface area contributed by atoms with Crippen LogP contribution < -0.4 is 5.32 Å². The van der Waals surface area contributed by atoms with E-state index < -0.39 is 0 Å². The van der Waals surface area contributed by atoms with Crippen LogP contribution in [0.4, 0.5) is 0 Å². The van der Waals surface area contributed by atoms with E-state index in [1.54, 1.807) is 0 Å². The first kappa shape index (κ1) is 17.0. The second-order valence-corrected chi connectivity index (χ2v) is 6.91. The number of rotatable bonds is 10. The van der Waals surface area contributed by atoms with Crippen molar-refractivity contribution in [3.05, 3.63) is 0 Å². The summed E-state index contributed by atoms with van der Waals surface area (Å²) in [7, 11) is 2.11. The maximum Gasteiger partial charge on any atom is -0.00209 e. The lowest BCUT2D eigenvalue weighted by Crippen LogP contribution is -2.31. The summed E-state index contributed by atoms with van der Waals surface area (Å²) in [6.45, 7) is 5.99. The molecule has 0 heterocycles. The molecule has 0 bridgehead atoms. The maximum absolute atomic E-state index is 3.41. The Kier molecular flexibility index (Phi) is 9.59. The van der Waals surface area contributed by atoms with Gasteiger partial charge in [0.2, 0.25) is 0 Å². The van der Waals surface area contributed by atoms with Crippen molar-refractivity contribution >= 4 is 0 Å². The molecule has 1 fully saturated rings. The van der Waals surface area contributed by atoms with Crippen molar-refractivity contribution in [3.8, 4) is 0 Å². The van der Waals surface area contributed by atoms with Gasteiger partial charge in [0.1, 0.15) is 0 Å². The van der Waals surface area contributed by atoms with Crippen LogP contribution in [0.5, 0.6) is 0 Å². The maximum atomic E-state index is 3.41. The Hall–Kier alpha value is -0.0400.